The largest absolute Gasteiger partial charge is 0.390 e. The third-order valence-electron chi connectivity index (χ3n) is 2.53. The summed E-state index contributed by atoms with van der Waals surface area (Å²) in [4.78, 5) is 10.9. The molecule has 0 unspecified atom stereocenters. The fourth-order valence-electron chi connectivity index (χ4n) is 1.96. The first-order chi connectivity index (χ1) is 5.52. The molecule has 0 aromatic rings. The van der Waals surface area contributed by atoms with Crippen molar-refractivity contribution in [3.8, 4) is 0 Å². The lowest BCUT2D eigenvalue weighted by Gasteiger charge is -2.32. The molecular formula is C10H18O2. The van der Waals surface area contributed by atoms with E-state index in [2.05, 4.69) is 13.8 Å². The lowest BCUT2D eigenvalue weighted by molar-refractivity contribution is -0.126. The highest BCUT2D eigenvalue weighted by Crippen LogP contribution is 2.31. The summed E-state index contributed by atoms with van der Waals surface area (Å²) in [5.74, 6) is 0.826. The van der Waals surface area contributed by atoms with Crippen LogP contribution in [0.3, 0.4) is 0 Å². The standard InChI is InChI=1S/C10H18O2/c1-8(2)7-10(12)5-3-9(11)4-6-10/h8,12H,3-7H2,1-2H3. The van der Waals surface area contributed by atoms with E-state index in [1.54, 1.807) is 0 Å². The molecule has 1 aliphatic rings. The van der Waals surface area contributed by atoms with Gasteiger partial charge in [-0.1, -0.05) is 13.8 Å². The van der Waals surface area contributed by atoms with Crippen molar-refractivity contribution in [1.29, 1.82) is 0 Å². The number of carbonyl (C=O) groups is 1. The van der Waals surface area contributed by atoms with Gasteiger partial charge in [0.1, 0.15) is 5.78 Å². The SMILES string of the molecule is CC(C)CC1(O)CCC(=O)CC1. The van der Waals surface area contributed by atoms with Gasteiger partial charge in [0.05, 0.1) is 5.60 Å². The molecule has 0 heterocycles. The fourth-order valence-corrected chi connectivity index (χ4v) is 1.96. The number of rotatable bonds is 2. The summed E-state index contributed by atoms with van der Waals surface area (Å²) in [5, 5.41) is 10.0. The van der Waals surface area contributed by atoms with Crippen molar-refractivity contribution in [2.45, 2.75) is 51.6 Å². The van der Waals surface area contributed by atoms with E-state index in [0.717, 1.165) is 6.42 Å². The first-order valence-corrected chi connectivity index (χ1v) is 4.76. The molecule has 0 radical (unpaired) electrons. The predicted molar refractivity (Wildman–Crippen MR) is 47.9 cm³/mol. The summed E-state index contributed by atoms with van der Waals surface area (Å²) >= 11 is 0. The summed E-state index contributed by atoms with van der Waals surface area (Å²) in [5.41, 5.74) is -0.540. The van der Waals surface area contributed by atoms with Crippen LogP contribution in [-0.4, -0.2) is 16.5 Å². The molecule has 0 aromatic heterocycles. The van der Waals surface area contributed by atoms with Gasteiger partial charge >= 0.3 is 0 Å². The van der Waals surface area contributed by atoms with E-state index in [1.807, 2.05) is 0 Å². The van der Waals surface area contributed by atoms with E-state index in [-0.39, 0.29) is 0 Å². The smallest absolute Gasteiger partial charge is 0.133 e. The fraction of sp³-hybridized carbons (Fsp3) is 0.900. The normalized spacial score (nSPS) is 23.2. The number of Topliss-reactive ketones (excluding diaryl/α,β-unsaturated/α-hetero) is 1. The van der Waals surface area contributed by atoms with E-state index in [1.165, 1.54) is 0 Å². The molecule has 0 saturated heterocycles. The summed E-state index contributed by atoms with van der Waals surface area (Å²) in [6.07, 6.45) is 3.32. The summed E-state index contributed by atoms with van der Waals surface area (Å²) in [6.45, 7) is 4.21. The lowest BCUT2D eigenvalue weighted by Crippen LogP contribution is -2.35. The van der Waals surface area contributed by atoms with Crippen molar-refractivity contribution in [2.75, 3.05) is 0 Å². The van der Waals surface area contributed by atoms with Crippen molar-refractivity contribution in [3.63, 3.8) is 0 Å². The first kappa shape index (κ1) is 9.72. The number of hydrogen-bond donors (Lipinski definition) is 1. The maximum absolute atomic E-state index is 10.9. The highest BCUT2D eigenvalue weighted by atomic mass is 16.3. The Hall–Kier alpha value is -0.370. The van der Waals surface area contributed by atoms with Crippen molar-refractivity contribution >= 4 is 5.78 Å². The van der Waals surface area contributed by atoms with E-state index in [0.29, 0.717) is 37.4 Å². The molecule has 2 nitrogen and oxygen atoms in total. The molecule has 0 atom stereocenters. The average molecular weight is 170 g/mol. The molecule has 0 amide bonds. The topological polar surface area (TPSA) is 37.3 Å². The molecule has 1 N–H and O–H groups in total. The zero-order valence-electron chi connectivity index (χ0n) is 7.97. The van der Waals surface area contributed by atoms with Crippen LogP contribution in [0.4, 0.5) is 0 Å². The molecular weight excluding hydrogens is 152 g/mol. The van der Waals surface area contributed by atoms with Gasteiger partial charge in [-0.25, -0.2) is 0 Å². The minimum atomic E-state index is -0.540. The average Bonchev–Trinajstić information content (AvgIpc) is 1.94. The van der Waals surface area contributed by atoms with Crippen molar-refractivity contribution in [2.24, 2.45) is 5.92 Å². The van der Waals surface area contributed by atoms with Crippen molar-refractivity contribution < 1.29 is 9.90 Å². The zero-order valence-corrected chi connectivity index (χ0v) is 7.97. The Labute approximate surface area is 74.0 Å². The quantitative estimate of drug-likeness (QED) is 0.687. The summed E-state index contributed by atoms with van der Waals surface area (Å²) in [7, 11) is 0. The van der Waals surface area contributed by atoms with E-state index in [4.69, 9.17) is 0 Å². The van der Waals surface area contributed by atoms with Crippen LogP contribution in [0.5, 0.6) is 0 Å². The molecule has 1 saturated carbocycles. The van der Waals surface area contributed by atoms with Crippen LogP contribution in [0, 0.1) is 5.92 Å². The van der Waals surface area contributed by atoms with Gasteiger partial charge in [-0.2, -0.15) is 0 Å². The molecule has 1 aliphatic carbocycles. The molecule has 0 aromatic carbocycles. The third-order valence-corrected chi connectivity index (χ3v) is 2.53. The van der Waals surface area contributed by atoms with Crippen molar-refractivity contribution in [3.05, 3.63) is 0 Å². The molecule has 0 spiro atoms. The Morgan fingerprint density at radius 1 is 1.42 bits per heavy atom. The minimum Gasteiger partial charge on any atom is -0.390 e. The Bertz CT molecular complexity index is 163. The number of hydrogen-bond acceptors (Lipinski definition) is 2. The molecule has 0 bridgehead atoms. The second-order valence-electron chi connectivity index (χ2n) is 4.36. The second kappa shape index (κ2) is 3.56. The highest BCUT2D eigenvalue weighted by Gasteiger charge is 2.32. The van der Waals surface area contributed by atoms with Crippen LogP contribution in [0.1, 0.15) is 46.0 Å². The zero-order chi connectivity index (χ0) is 9.19. The molecule has 70 valence electrons. The van der Waals surface area contributed by atoms with Crippen LogP contribution in [0.15, 0.2) is 0 Å². The van der Waals surface area contributed by atoms with Gasteiger partial charge in [0, 0.05) is 12.8 Å². The Morgan fingerprint density at radius 2 is 1.92 bits per heavy atom. The first-order valence-electron chi connectivity index (χ1n) is 4.76. The summed E-state index contributed by atoms with van der Waals surface area (Å²) in [6, 6.07) is 0. The number of ketones is 1. The minimum absolute atomic E-state index is 0.309. The van der Waals surface area contributed by atoms with Gasteiger partial charge in [0.25, 0.3) is 0 Å². The van der Waals surface area contributed by atoms with Gasteiger partial charge in [0.2, 0.25) is 0 Å². The number of aliphatic hydroxyl groups is 1. The van der Waals surface area contributed by atoms with E-state index in [9.17, 15) is 9.90 Å². The van der Waals surface area contributed by atoms with Gasteiger partial charge in [-0.15, -0.1) is 0 Å². The maximum atomic E-state index is 10.9. The monoisotopic (exact) mass is 170 g/mol. The summed E-state index contributed by atoms with van der Waals surface area (Å²) < 4.78 is 0. The van der Waals surface area contributed by atoms with Crippen molar-refractivity contribution in [1.82, 2.24) is 0 Å². The van der Waals surface area contributed by atoms with Crippen LogP contribution >= 0.6 is 0 Å². The molecule has 2 heteroatoms. The van der Waals surface area contributed by atoms with E-state index < -0.39 is 5.60 Å². The predicted octanol–water partition coefficient (Wildman–Crippen LogP) is 1.91. The van der Waals surface area contributed by atoms with Crippen LogP contribution < -0.4 is 0 Å². The Kier molecular flexibility index (Phi) is 2.89. The third kappa shape index (κ3) is 2.59. The van der Waals surface area contributed by atoms with E-state index >= 15 is 0 Å². The van der Waals surface area contributed by atoms with Gasteiger partial charge < -0.3 is 5.11 Å². The van der Waals surface area contributed by atoms with Gasteiger partial charge in [-0.05, 0) is 25.2 Å². The molecule has 1 rings (SSSR count). The van der Waals surface area contributed by atoms with Gasteiger partial charge in [0.15, 0.2) is 0 Å². The highest BCUT2D eigenvalue weighted by molar-refractivity contribution is 5.79. The van der Waals surface area contributed by atoms with Crippen LogP contribution in [0.2, 0.25) is 0 Å². The second-order valence-corrected chi connectivity index (χ2v) is 4.36. The number of carbonyl (C=O) groups excluding carboxylic acids is 1. The van der Waals surface area contributed by atoms with Crippen LogP contribution in [-0.2, 0) is 4.79 Å². The molecule has 1 fully saturated rings. The molecule has 0 aliphatic heterocycles. The lowest BCUT2D eigenvalue weighted by atomic mass is 9.79. The van der Waals surface area contributed by atoms with Crippen LogP contribution in [0.25, 0.3) is 0 Å². The maximum Gasteiger partial charge on any atom is 0.133 e. The van der Waals surface area contributed by atoms with Gasteiger partial charge in [-0.3, -0.25) is 4.79 Å². The Morgan fingerprint density at radius 3 is 2.33 bits per heavy atom. The molecule has 12 heavy (non-hydrogen) atoms. The Balaban J connectivity index is 2.44.